The van der Waals surface area contributed by atoms with Gasteiger partial charge >= 0.3 is 6.03 Å². The highest BCUT2D eigenvalue weighted by Gasteiger charge is 2.25. The molecule has 0 radical (unpaired) electrons. The number of rotatable bonds is 6. The Morgan fingerprint density at radius 1 is 1.14 bits per heavy atom. The number of thiophene rings is 1. The van der Waals surface area contributed by atoms with Gasteiger partial charge < -0.3 is 15.0 Å². The van der Waals surface area contributed by atoms with Crippen LogP contribution in [0, 0.1) is 5.92 Å². The van der Waals surface area contributed by atoms with E-state index >= 15 is 0 Å². The van der Waals surface area contributed by atoms with E-state index in [4.69, 9.17) is 16.3 Å². The van der Waals surface area contributed by atoms with Crippen LogP contribution in [0.3, 0.4) is 0 Å². The number of hydrogen-bond acceptors (Lipinski definition) is 4. The molecule has 3 rings (SSSR count). The average Bonchev–Trinajstić information content (AvgIpc) is 3.11. The smallest absolute Gasteiger partial charge is 0.317 e. The van der Waals surface area contributed by atoms with Gasteiger partial charge in [0.25, 0.3) is 0 Å². The van der Waals surface area contributed by atoms with E-state index in [0.29, 0.717) is 5.92 Å². The van der Waals surface area contributed by atoms with Crippen LogP contribution < -0.4 is 10.1 Å². The van der Waals surface area contributed by atoms with Crippen LogP contribution in [0.15, 0.2) is 36.4 Å². The highest BCUT2D eigenvalue weighted by atomic mass is 35.5. The van der Waals surface area contributed by atoms with Gasteiger partial charge in [0.2, 0.25) is 0 Å². The number of urea groups is 1. The number of ether oxygens (including phenoxy) is 1. The van der Waals surface area contributed by atoms with Crippen molar-refractivity contribution in [2.45, 2.75) is 26.4 Å². The van der Waals surface area contributed by atoms with E-state index < -0.39 is 0 Å². The number of nitrogens with zero attached hydrogens (tertiary/aromatic N) is 2. The van der Waals surface area contributed by atoms with E-state index in [0.717, 1.165) is 48.4 Å². The molecule has 5 nitrogen and oxygen atoms in total. The molecular weight excluding hydrogens is 394 g/mol. The molecule has 0 saturated carbocycles. The van der Waals surface area contributed by atoms with Crippen LogP contribution in [-0.2, 0) is 6.54 Å². The maximum absolute atomic E-state index is 12.8. The maximum atomic E-state index is 12.8. The summed E-state index contributed by atoms with van der Waals surface area (Å²) in [6.45, 7) is 8.36. The molecule has 1 aliphatic heterocycles. The maximum Gasteiger partial charge on any atom is 0.317 e. The molecule has 2 heterocycles. The molecule has 1 atom stereocenters. The van der Waals surface area contributed by atoms with E-state index in [9.17, 15) is 4.79 Å². The fraction of sp³-hybridized carbons (Fsp3) is 0.476. The third-order valence-electron chi connectivity index (χ3n) is 5.09. The molecule has 1 aromatic heterocycles. The Morgan fingerprint density at radius 3 is 2.36 bits per heavy atom. The second-order valence-corrected chi connectivity index (χ2v) is 9.21. The first-order valence-corrected chi connectivity index (χ1v) is 10.8. The molecule has 1 fully saturated rings. The zero-order valence-electron chi connectivity index (χ0n) is 16.7. The third-order valence-corrected chi connectivity index (χ3v) is 6.30. The molecule has 0 bridgehead atoms. The molecular formula is C21H28ClN3O2S. The summed E-state index contributed by atoms with van der Waals surface area (Å²) in [6, 6.07) is 11.9. The second kappa shape index (κ2) is 9.63. The highest BCUT2D eigenvalue weighted by molar-refractivity contribution is 7.16. The summed E-state index contributed by atoms with van der Waals surface area (Å²) in [5.74, 6) is 1.11. The Hall–Kier alpha value is -1.76. The predicted molar refractivity (Wildman–Crippen MR) is 115 cm³/mol. The van der Waals surface area contributed by atoms with Gasteiger partial charge in [-0.05, 0) is 35.7 Å². The topological polar surface area (TPSA) is 44.8 Å². The monoisotopic (exact) mass is 421 g/mol. The van der Waals surface area contributed by atoms with Crippen molar-refractivity contribution in [1.29, 1.82) is 0 Å². The fourth-order valence-electron chi connectivity index (χ4n) is 3.44. The highest BCUT2D eigenvalue weighted by Crippen LogP contribution is 2.25. The summed E-state index contributed by atoms with van der Waals surface area (Å²) < 4.78 is 6.06. The van der Waals surface area contributed by atoms with Gasteiger partial charge in [0, 0.05) is 37.6 Å². The first kappa shape index (κ1) is 21.0. The van der Waals surface area contributed by atoms with E-state index in [-0.39, 0.29) is 12.1 Å². The normalized spacial score (nSPS) is 16.2. The summed E-state index contributed by atoms with van der Waals surface area (Å²) in [5, 5.41) is 3.22. The lowest BCUT2D eigenvalue weighted by atomic mass is 9.96. The van der Waals surface area contributed by atoms with Crippen molar-refractivity contribution in [1.82, 2.24) is 15.1 Å². The van der Waals surface area contributed by atoms with Crippen molar-refractivity contribution in [2.75, 3.05) is 33.3 Å². The lowest BCUT2D eigenvalue weighted by molar-refractivity contribution is 0.132. The Labute approximate surface area is 176 Å². The fourth-order valence-corrected chi connectivity index (χ4v) is 4.57. The van der Waals surface area contributed by atoms with Crippen molar-refractivity contribution in [3.8, 4) is 5.75 Å². The average molecular weight is 422 g/mol. The molecule has 28 heavy (non-hydrogen) atoms. The van der Waals surface area contributed by atoms with Crippen LogP contribution in [0.5, 0.6) is 5.75 Å². The summed E-state index contributed by atoms with van der Waals surface area (Å²) in [6.07, 6.45) is 0. The number of carbonyl (C=O) groups excluding carboxylic acids is 1. The van der Waals surface area contributed by atoms with Crippen LogP contribution in [0.4, 0.5) is 4.79 Å². The van der Waals surface area contributed by atoms with Crippen LogP contribution in [0.2, 0.25) is 4.34 Å². The van der Waals surface area contributed by atoms with Crippen molar-refractivity contribution < 1.29 is 9.53 Å². The van der Waals surface area contributed by atoms with Gasteiger partial charge in [-0.15, -0.1) is 11.3 Å². The van der Waals surface area contributed by atoms with Gasteiger partial charge in [-0.2, -0.15) is 0 Å². The zero-order valence-corrected chi connectivity index (χ0v) is 18.2. The summed E-state index contributed by atoms with van der Waals surface area (Å²) in [5.41, 5.74) is 1.09. The summed E-state index contributed by atoms with van der Waals surface area (Å²) >= 11 is 7.64. The minimum absolute atomic E-state index is 0.00772. The van der Waals surface area contributed by atoms with E-state index in [2.05, 4.69) is 30.1 Å². The molecule has 1 saturated heterocycles. The first-order chi connectivity index (χ1) is 13.5. The molecule has 0 unspecified atom stereocenters. The van der Waals surface area contributed by atoms with Crippen molar-refractivity contribution in [3.05, 3.63) is 51.2 Å². The van der Waals surface area contributed by atoms with Gasteiger partial charge in [-0.25, -0.2) is 4.79 Å². The predicted octanol–water partition coefficient (Wildman–Crippen LogP) is 4.63. The molecule has 0 aliphatic carbocycles. The van der Waals surface area contributed by atoms with Gasteiger partial charge in [0.1, 0.15) is 5.75 Å². The van der Waals surface area contributed by atoms with Gasteiger partial charge in [0.05, 0.1) is 17.5 Å². The number of methoxy groups -OCH3 is 1. The molecule has 1 aliphatic rings. The Bertz CT molecular complexity index is 770. The summed E-state index contributed by atoms with van der Waals surface area (Å²) in [7, 11) is 1.66. The third kappa shape index (κ3) is 5.40. The number of halogens is 1. The molecule has 0 spiro atoms. The van der Waals surface area contributed by atoms with E-state index in [1.54, 1.807) is 18.4 Å². The van der Waals surface area contributed by atoms with Crippen LogP contribution in [-0.4, -0.2) is 49.1 Å². The minimum Gasteiger partial charge on any atom is -0.497 e. The summed E-state index contributed by atoms with van der Waals surface area (Å²) in [4.78, 5) is 18.4. The SMILES string of the molecule is COc1ccc([C@@H](NC(=O)N2CCN(Cc3ccc(Cl)s3)CC2)C(C)C)cc1. The minimum atomic E-state index is -0.0234. The first-order valence-electron chi connectivity index (χ1n) is 9.62. The van der Waals surface area contributed by atoms with E-state index in [1.165, 1.54) is 4.88 Å². The number of hydrogen-bond donors (Lipinski definition) is 1. The number of amides is 2. The lowest BCUT2D eigenvalue weighted by Gasteiger charge is -2.36. The second-order valence-electron chi connectivity index (χ2n) is 7.41. The van der Waals surface area contributed by atoms with Gasteiger partial charge in [0.15, 0.2) is 0 Å². The Balaban J connectivity index is 1.54. The molecule has 2 aromatic rings. The van der Waals surface area contributed by atoms with Crippen LogP contribution in [0.1, 0.15) is 30.3 Å². The molecule has 2 amide bonds. The molecule has 1 N–H and O–H groups in total. The van der Waals surface area contributed by atoms with Crippen LogP contribution in [0.25, 0.3) is 0 Å². The standard InChI is InChI=1S/C21H28ClN3O2S/c1-15(2)20(16-4-6-17(27-3)7-5-16)23-21(26)25-12-10-24(11-13-25)14-18-8-9-19(22)28-18/h4-9,15,20H,10-14H2,1-3H3,(H,23,26)/t20-/m0/s1. The van der Waals surface area contributed by atoms with Gasteiger partial charge in [-0.3, -0.25) is 4.90 Å². The van der Waals surface area contributed by atoms with E-state index in [1.807, 2.05) is 35.2 Å². The quantitative estimate of drug-likeness (QED) is 0.739. The molecule has 152 valence electrons. The molecule has 7 heteroatoms. The Kier molecular flexibility index (Phi) is 7.21. The molecule has 1 aromatic carbocycles. The number of benzene rings is 1. The lowest BCUT2D eigenvalue weighted by Crippen LogP contribution is -2.52. The largest absolute Gasteiger partial charge is 0.497 e. The number of nitrogens with one attached hydrogen (secondary N) is 1. The van der Waals surface area contributed by atoms with Crippen LogP contribution >= 0.6 is 22.9 Å². The van der Waals surface area contributed by atoms with Crippen molar-refractivity contribution in [2.24, 2.45) is 5.92 Å². The Morgan fingerprint density at radius 2 is 1.82 bits per heavy atom. The van der Waals surface area contributed by atoms with Gasteiger partial charge in [-0.1, -0.05) is 37.6 Å². The van der Waals surface area contributed by atoms with Crippen molar-refractivity contribution in [3.63, 3.8) is 0 Å². The number of carbonyl (C=O) groups is 1. The zero-order chi connectivity index (χ0) is 20.1. The van der Waals surface area contributed by atoms with Crippen molar-refractivity contribution >= 4 is 29.0 Å². The number of piperazine rings is 1.